The Labute approximate surface area is 681 Å². The van der Waals surface area contributed by atoms with Crippen LogP contribution in [0.1, 0.15) is 377 Å². The normalized spacial score (nSPS) is 25.1. The van der Waals surface area contributed by atoms with E-state index in [1.54, 1.807) is 0 Å². The Kier molecular flexibility index (Phi) is 30.4. The van der Waals surface area contributed by atoms with Gasteiger partial charge in [0.2, 0.25) is 0 Å². The van der Waals surface area contributed by atoms with Gasteiger partial charge in [0.25, 0.3) is 0 Å². The number of ether oxygens (including phenoxy) is 6. The molecule has 1 aromatic carbocycles. The van der Waals surface area contributed by atoms with Crippen molar-refractivity contribution in [3.63, 3.8) is 0 Å². The van der Waals surface area contributed by atoms with Crippen molar-refractivity contribution in [2.24, 2.45) is 16.2 Å². The Morgan fingerprint density at radius 1 is 0.310 bits per heavy atom. The third-order valence-corrected chi connectivity index (χ3v) is 27.0. The van der Waals surface area contributed by atoms with Crippen LogP contribution >= 0.6 is 0 Å². The number of hydroxylamine groups is 12. The average molecular weight is 1600 g/mol. The molecule has 23 nitrogen and oxygen atoms in total. The van der Waals surface area contributed by atoms with Gasteiger partial charge in [0.05, 0.1) is 18.1 Å². The van der Waals surface area contributed by atoms with Crippen molar-refractivity contribution in [3.05, 3.63) is 34.9 Å². The van der Waals surface area contributed by atoms with Crippen molar-refractivity contribution in [2.75, 3.05) is 6.61 Å². The lowest BCUT2D eigenvalue weighted by Crippen LogP contribution is -2.61. The van der Waals surface area contributed by atoms with Gasteiger partial charge in [-0.25, -0.2) is 0 Å². The number of unbranched alkanes of at least 4 members (excludes halogenated alkanes) is 3. The maximum absolute atomic E-state index is 15.8. The lowest BCUT2D eigenvalue weighted by molar-refractivity contribution is -0.265. The van der Waals surface area contributed by atoms with Crippen LogP contribution in [0, 0.1) is 16.2 Å². The number of carbonyl (C=O) groups excluding carboxylic acids is 5. The summed E-state index contributed by atoms with van der Waals surface area (Å²) in [6.45, 7) is 52.7. The number of piperidine rings is 6. The standard InChI is InChI=1S/C90H158N6O17/c1-28-31-42-88(61-108-65-49-76(4,5)91(102)77(6,7)50-65,71(97)109-66-51-78(8,9)92(103)79(10,11)52-66)43-35-39-64-48-62(37-34-46-89(44-32-29-2,72(98)110-67-53-80(12,13)93(104)81(14,15)54-67)73(99)111-68-55-82(16,17)94(105)83(18,19)56-68)40-41-63(64)38-36-47-90(45-33-30-3,74(100)112-69-57-84(20,21)95(106)85(22,23)58-69)75(101)113-70-59-86(24,25)96(107)87(26,27)60-70/h40-41,48,65-70,102-107H,28-39,42-47,49-61H2,1-27H3. The van der Waals surface area contributed by atoms with Crippen LogP contribution in [0.2, 0.25) is 0 Å². The fourth-order valence-electron chi connectivity index (χ4n) is 21.6. The highest BCUT2D eigenvalue weighted by Gasteiger charge is 2.58. The lowest BCUT2D eigenvalue weighted by Gasteiger charge is -2.52. The summed E-state index contributed by atoms with van der Waals surface area (Å²) in [6, 6.07) is 6.40. The molecule has 0 aliphatic carbocycles. The predicted molar refractivity (Wildman–Crippen MR) is 436 cm³/mol. The molecule has 0 aromatic heterocycles. The molecule has 0 radical (unpaired) electrons. The zero-order valence-corrected chi connectivity index (χ0v) is 75.5. The van der Waals surface area contributed by atoms with E-state index in [9.17, 15) is 31.2 Å². The Hall–Kier alpha value is -3.95. The largest absolute Gasteiger partial charge is 0.462 e. The summed E-state index contributed by atoms with van der Waals surface area (Å²) in [6.07, 6.45) is 9.14. The van der Waals surface area contributed by atoms with Crippen LogP contribution in [0.3, 0.4) is 0 Å². The number of hydrogen-bond acceptors (Lipinski definition) is 23. The Morgan fingerprint density at radius 3 is 0.814 bits per heavy atom. The highest BCUT2D eigenvalue weighted by atomic mass is 16.6. The highest BCUT2D eigenvalue weighted by molar-refractivity contribution is 6.01. The molecule has 1 unspecified atom stereocenters. The maximum atomic E-state index is 15.8. The molecule has 113 heavy (non-hydrogen) atoms. The quantitative estimate of drug-likeness (QED) is 0.0212. The van der Waals surface area contributed by atoms with Crippen molar-refractivity contribution in [3.8, 4) is 0 Å². The van der Waals surface area contributed by atoms with Gasteiger partial charge in [-0.15, -0.1) is 0 Å². The fourth-order valence-corrected chi connectivity index (χ4v) is 21.6. The molecule has 6 saturated heterocycles. The van der Waals surface area contributed by atoms with Crippen molar-refractivity contribution in [2.45, 2.75) is 483 Å². The number of carbonyl (C=O) groups is 5. The van der Waals surface area contributed by atoms with Gasteiger partial charge in [-0.3, -0.25) is 24.0 Å². The summed E-state index contributed by atoms with van der Waals surface area (Å²) in [5.41, 5.74) is -10.4. The van der Waals surface area contributed by atoms with Crippen LogP contribution in [0.25, 0.3) is 0 Å². The minimum Gasteiger partial charge on any atom is -0.462 e. The van der Waals surface area contributed by atoms with E-state index in [1.807, 2.05) is 180 Å². The maximum Gasteiger partial charge on any atom is 0.323 e. The monoisotopic (exact) mass is 1600 g/mol. The molecule has 6 aliphatic heterocycles. The van der Waals surface area contributed by atoms with Crippen LogP contribution in [-0.2, 0) is 71.7 Å². The topological polar surface area (TPSA) is 282 Å². The number of nitrogens with zero attached hydrogens (tertiary/aromatic N) is 6. The van der Waals surface area contributed by atoms with Gasteiger partial charge in [-0.05, 0) is 273 Å². The van der Waals surface area contributed by atoms with Crippen LogP contribution < -0.4 is 0 Å². The van der Waals surface area contributed by atoms with Crippen molar-refractivity contribution >= 4 is 29.8 Å². The van der Waals surface area contributed by atoms with E-state index >= 15 is 24.0 Å². The summed E-state index contributed by atoms with van der Waals surface area (Å²) >= 11 is 0. The first-order valence-corrected chi connectivity index (χ1v) is 43.4. The minimum atomic E-state index is -1.74. The molecular weight excluding hydrogens is 1440 g/mol. The van der Waals surface area contributed by atoms with Crippen molar-refractivity contribution in [1.29, 1.82) is 0 Å². The van der Waals surface area contributed by atoms with Gasteiger partial charge in [0.15, 0.2) is 10.8 Å². The Balaban J connectivity index is 1.32. The molecule has 6 fully saturated rings. The molecule has 7 rings (SSSR count). The number of aryl methyl sites for hydroxylation is 3. The van der Waals surface area contributed by atoms with Crippen molar-refractivity contribution in [1.82, 2.24) is 30.4 Å². The molecule has 6 aliphatic rings. The van der Waals surface area contributed by atoms with E-state index < -0.39 is 137 Å². The van der Waals surface area contributed by atoms with Gasteiger partial charge in [0, 0.05) is 131 Å². The van der Waals surface area contributed by atoms with Crippen LogP contribution in [0.4, 0.5) is 0 Å². The summed E-state index contributed by atoms with van der Waals surface area (Å²) in [5.74, 6) is -2.93. The van der Waals surface area contributed by atoms with Gasteiger partial charge in [0.1, 0.15) is 30.5 Å². The van der Waals surface area contributed by atoms with E-state index in [0.29, 0.717) is 161 Å². The molecule has 6 heterocycles. The second kappa shape index (κ2) is 35.8. The zero-order valence-electron chi connectivity index (χ0n) is 75.5. The first-order chi connectivity index (χ1) is 51.7. The minimum absolute atomic E-state index is 0.0812. The zero-order chi connectivity index (χ0) is 85.3. The fraction of sp³-hybridized carbons (Fsp3) is 0.878. The Morgan fingerprint density at radius 2 is 0.531 bits per heavy atom. The molecule has 650 valence electrons. The van der Waals surface area contributed by atoms with E-state index in [0.717, 1.165) is 23.1 Å². The number of benzene rings is 1. The van der Waals surface area contributed by atoms with Gasteiger partial charge in [-0.1, -0.05) is 77.5 Å². The number of esters is 5. The van der Waals surface area contributed by atoms with Crippen molar-refractivity contribution < 1.29 is 83.6 Å². The molecule has 1 atom stereocenters. The third kappa shape index (κ3) is 22.4. The van der Waals surface area contributed by atoms with Crippen LogP contribution in [-0.4, -0.2) is 201 Å². The third-order valence-electron chi connectivity index (χ3n) is 27.0. The number of hydrogen-bond donors (Lipinski definition) is 6. The molecule has 6 N–H and O–H groups in total. The summed E-state index contributed by atoms with van der Waals surface area (Å²) in [7, 11) is 0. The first-order valence-electron chi connectivity index (χ1n) is 43.4. The molecule has 0 amide bonds. The molecule has 1 aromatic rings. The Bertz CT molecular complexity index is 3170. The van der Waals surface area contributed by atoms with E-state index in [1.165, 1.54) is 30.4 Å². The smallest absolute Gasteiger partial charge is 0.323 e. The average Bonchev–Trinajstić information content (AvgIpc) is 0.806. The molecule has 0 bridgehead atoms. The summed E-state index contributed by atoms with van der Waals surface area (Å²) in [5, 5.41) is 76.7. The second-order valence-electron chi connectivity index (χ2n) is 43.6. The summed E-state index contributed by atoms with van der Waals surface area (Å²) < 4.78 is 40.5. The lowest BCUT2D eigenvalue weighted by atomic mass is 9.75. The first kappa shape index (κ1) is 96.2. The van der Waals surface area contributed by atoms with Crippen LogP contribution in [0.5, 0.6) is 0 Å². The molecular formula is C90H158N6O17. The van der Waals surface area contributed by atoms with Gasteiger partial charge < -0.3 is 59.7 Å². The van der Waals surface area contributed by atoms with Crippen LogP contribution in [0.15, 0.2) is 18.2 Å². The highest BCUT2D eigenvalue weighted by Crippen LogP contribution is 2.49. The second-order valence-corrected chi connectivity index (χ2v) is 43.6. The molecule has 0 spiro atoms. The van der Waals surface area contributed by atoms with E-state index in [-0.39, 0.29) is 44.4 Å². The summed E-state index contributed by atoms with van der Waals surface area (Å²) in [4.78, 5) is 78.5. The predicted octanol–water partition coefficient (Wildman–Crippen LogP) is 18.4. The molecule has 23 heteroatoms. The number of rotatable bonds is 34. The SMILES string of the molecule is CCCCC(CCCc1cc(CCCC(CCCC)(C(=O)OC2CC(C)(C)N(O)C(C)(C)C2)C(=O)OC2CC(C)(C)N(O)C(C)(C)C2)ccc1CCCC(CCCC)(C(=O)OC1CC(C)(C)N(O)C(C)(C)C1)C(=O)OC1CC(C)(C)N(O)C(C)(C)C1)(COC1CC(C)(C)N(O)C(C)(C)C1)C(=O)OC1CC(C)(C)N(O)C(C)(C)C1. The van der Waals surface area contributed by atoms with Gasteiger partial charge in [-0.2, -0.15) is 30.4 Å². The van der Waals surface area contributed by atoms with E-state index in [2.05, 4.69) is 25.1 Å². The molecule has 0 saturated carbocycles. The van der Waals surface area contributed by atoms with Gasteiger partial charge >= 0.3 is 29.8 Å². The van der Waals surface area contributed by atoms with E-state index in [4.69, 9.17) is 28.4 Å².